The monoisotopic (exact) mass is 295 g/mol. The van der Waals surface area contributed by atoms with Crippen molar-refractivity contribution in [2.24, 2.45) is 5.92 Å². The molecular weight excluding hydrogens is 274 g/mol. The zero-order chi connectivity index (χ0) is 14.8. The predicted octanol–water partition coefficient (Wildman–Crippen LogP) is 4.09. The molecule has 0 amide bonds. The first-order chi connectivity index (χ1) is 10.9. The van der Waals surface area contributed by atoms with Crippen LogP contribution in [0.2, 0.25) is 0 Å². The van der Waals surface area contributed by atoms with E-state index in [1.165, 1.54) is 18.5 Å². The van der Waals surface area contributed by atoms with Gasteiger partial charge in [-0.25, -0.2) is 0 Å². The van der Waals surface area contributed by atoms with Crippen molar-refractivity contribution in [1.29, 1.82) is 0 Å². The van der Waals surface area contributed by atoms with E-state index in [0.29, 0.717) is 6.10 Å². The van der Waals surface area contributed by atoms with Gasteiger partial charge in [-0.2, -0.15) is 0 Å². The minimum absolute atomic E-state index is 0.414. The Balaban J connectivity index is 1.50. The summed E-state index contributed by atoms with van der Waals surface area (Å²) in [5.74, 6) is 2.62. The maximum Gasteiger partial charge on any atom is 0.129 e. The van der Waals surface area contributed by atoms with Crippen molar-refractivity contribution in [3.8, 4) is 11.5 Å². The van der Waals surface area contributed by atoms with E-state index < -0.39 is 0 Å². The van der Waals surface area contributed by atoms with Crippen molar-refractivity contribution >= 4 is 5.69 Å². The summed E-state index contributed by atoms with van der Waals surface area (Å²) >= 11 is 0. The Kier molecular flexibility index (Phi) is 3.73. The van der Waals surface area contributed by atoms with Gasteiger partial charge < -0.3 is 14.4 Å². The number of hydrogen-bond donors (Lipinski definition) is 0. The number of rotatable bonds is 7. The lowest BCUT2D eigenvalue weighted by Gasteiger charge is -2.24. The fourth-order valence-electron chi connectivity index (χ4n) is 2.69. The van der Waals surface area contributed by atoms with Crippen molar-refractivity contribution in [1.82, 2.24) is 0 Å². The number of epoxide rings is 1. The highest BCUT2D eigenvalue weighted by Gasteiger charge is 2.30. The van der Waals surface area contributed by atoms with Crippen molar-refractivity contribution < 1.29 is 9.47 Å². The molecule has 1 saturated carbocycles. The van der Waals surface area contributed by atoms with Crippen molar-refractivity contribution in [3.05, 3.63) is 54.6 Å². The van der Waals surface area contributed by atoms with Crippen LogP contribution in [-0.4, -0.2) is 25.8 Å². The molecule has 0 spiro atoms. The first kappa shape index (κ1) is 13.6. The topological polar surface area (TPSA) is 25.0 Å². The maximum atomic E-state index is 5.95. The maximum absolute atomic E-state index is 5.95. The van der Waals surface area contributed by atoms with Crippen LogP contribution < -0.4 is 9.64 Å². The molecule has 1 atom stereocenters. The van der Waals surface area contributed by atoms with Gasteiger partial charge in [0, 0.05) is 24.8 Å². The Morgan fingerprint density at radius 1 is 0.955 bits per heavy atom. The van der Waals surface area contributed by atoms with Crippen LogP contribution in [0.25, 0.3) is 0 Å². The Hall–Kier alpha value is -2.00. The van der Waals surface area contributed by atoms with Crippen LogP contribution in [-0.2, 0) is 4.74 Å². The molecule has 1 unspecified atom stereocenters. The summed E-state index contributed by atoms with van der Waals surface area (Å²) in [5, 5.41) is 0. The molecule has 1 heterocycles. The normalized spacial score (nSPS) is 19.7. The first-order valence-corrected chi connectivity index (χ1v) is 8.06. The molecule has 22 heavy (non-hydrogen) atoms. The summed E-state index contributed by atoms with van der Waals surface area (Å²) in [4.78, 5) is 2.45. The molecule has 114 valence electrons. The molecule has 0 aromatic heterocycles. The third-order valence-electron chi connectivity index (χ3n) is 4.16. The number of benzene rings is 2. The van der Waals surface area contributed by atoms with Gasteiger partial charge in [0.05, 0.1) is 12.7 Å². The molecule has 3 nitrogen and oxygen atoms in total. The van der Waals surface area contributed by atoms with Crippen LogP contribution in [0.15, 0.2) is 54.6 Å². The van der Waals surface area contributed by atoms with E-state index in [0.717, 1.165) is 37.1 Å². The van der Waals surface area contributed by atoms with Gasteiger partial charge in [0.2, 0.25) is 0 Å². The first-order valence-electron chi connectivity index (χ1n) is 8.06. The highest BCUT2D eigenvalue weighted by Crippen LogP contribution is 2.33. The second kappa shape index (κ2) is 6.01. The molecule has 1 aliphatic carbocycles. The lowest BCUT2D eigenvalue weighted by atomic mass is 10.2. The summed E-state index contributed by atoms with van der Waals surface area (Å²) in [5.41, 5.74) is 1.23. The van der Waals surface area contributed by atoms with Gasteiger partial charge in [-0.1, -0.05) is 24.3 Å². The van der Waals surface area contributed by atoms with Gasteiger partial charge in [-0.15, -0.1) is 0 Å². The third-order valence-corrected chi connectivity index (χ3v) is 4.16. The Morgan fingerprint density at radius 3 is 2.45 bits per heavy atom. The average molecular weight is 295 g/mol. The third kappa shape index (κ3) is 3.60. The van der Waals surface area contributed by atoms with Gasteiger partial charge in [0.25, 0.3) is 0 Å². The molecule has 1 aliphatic heterocycles. The summed E-state index contributed by atoms with van der Waals surface area (Å²) in [6, 6.07) is 18.3. The molecular formula is C19H21NO2. The van der Waals surface area contributed by atoms with Gasteiger partial charge in [-0.05, 0) is 43.0 Å². The van der Waals surface area contributed by atoms with Gasteiger partial charge in [-0.3, -0.25) is 0 Å². The predicted molar refractivity (Wildman–Crippen MR) is 87.6 cm³/mol. The number of hydrogen-bond acceptors (Lipinski definition) is 3. The van der Waals surface area contributed by atoms with Crippen molar-refractivity contribution in [2.75, 3.05) is 24.6 Å². The second-order valence-corrected chi connectivity index (χ2v) is 6.22. The summed E-state index contributed by atoms with van der Waals surface area (Å²) in [6.45, 7) is 3.03. The Morgan fingerprint density at radius 2 is 1.73 bits per heavy atom. The molecule has 0 radical (unpaired) electrons. The average Bonchev–Trinajstić information content (AvgIpc) is 3.44. The molecule has 2 fully saturated rings. The largest absolute Gasteiger partial charge is 0.457 e. The molecule has 0 bridgehead atoms. The van der Waals surface area contributed by atoms with E-state index in [1.54, 1.807) is 0 Å². The van der Waals surface area contributed by atoms with E-state index in [4.69, 9.17) is 9.47 Å². The molecule has 3 heteroatoms. The Bertz CT molecular complexity index is 606. The lowest BCUT2D eigenvalue weighted by Crippen LogP contribution is -2.29. The molecule has 1 saturated heterocycles. The van der Waals surface area contributed by atoms with Gasteiger partial charge in [0.15, 0.2) is 0 Å². The quantitative estimate of drug-likeness (QED) is 0.719. The van der Waals surface area contributed by atoms with E-state index in [2.05, 4.69) is 23.1 Å². The molecule has 2 aromatic rings. The molecule has 4 rings (SSSR count). The van der Waals surface area contributed by atoms with Crippen molar-refractivity contribution in [3.63, 3.8) is 0 Å². The van der Waals surface area contributed by atoms with Gasteiger partial charge in [0.1, 0.15) is 11.5 Å². The van der Waals surface area contributed by atoms with E-state index >= 15 is 0 Å². The SMILES string of the molecule is c1ccc(Oc2cccc(N(CC3CC3)CC3CO3)c2)cc1. The summed E-state index contributed by atoms with van der Waals surface area (Å²) in [7, 11) is 0. The highest BCUT2D eigenvalue weighted by atomic mass is 16.6. The number of para-hydroxylation sites is 1. The van der Waals surface area contributed by atoms with E-state index in [-0.39, 0.29) is 0 Å². The van der Waals surface area contributed by atoms with Crippen LogP contribution in [0.4, 0.5) is 5.69 Å². The van der Waals surface area contributed by atoms with E-state index in [9.17, 15) is 0 Å². The fourth-order valence-corrected chi connectivity index (χ4v) is 2.69. The molecule has 2 aromatic carbocycles. The van der Waals surface area contributed by atoms with Crippen LogP contribution in [0.3, 0.4) is 0 Å². The lowest BCUT2D eigenvalue weighted by molar-refractivity contribution is 0.406. The minimum atomic E-state index is 0.414. The van der Waals surface area contributed by atoms with Crippen LogP contribution in [0.5, 0.6) is 11.5 Å². The highest BCUT2D eigenvalue weighted by molar-refractivity contribution is 5.52. The molecule has 2 aliphatic rings. The second-order valence-electron chi connectivity index (χ2n) is 6.22. The smallest absolute Gasteiger partial charge is 0.129 e. The van der Waals surface area contributed by atoms with E-state index in [1.807, 2.05) is 36.4 Å². The zero-order valence-corrected chi connectivity index (χ0v) is 12.7. The number of ether oxygens (including phenoxy) is 2. The molecule has 0 N–H and O–H groups in total. The number of anilines is 1. The van der Waals surface area contributed by atoms with Crippen LogP contribution >= 0.6 is 0 Å². The fraction of sp³-hybridized carbons (Fsp3) is 0.368. The number of nitrogens with zero attached hydrogens (tertiary/aromatic N) is 1. The van der Waals surface area contributed by atoms with Gasteiger partial charge >= 0.3 is 0 Å². The minimum Gasteiger partial charge on any atom is -0.457 e. The summed E-state index contributed by atoms with van der Waals surface area (Å²) < 4.78 is 11.4. The summed E-state index contributed by atoms with van der Waals surface area (Å²) in [6.07, 6.45) is 3.14. The van der Waals surface area contributed by atoms with Crippen LogP contribution in [0.1, 0.15) is 12.8 Å². The standard InChI is InChI=1S/C19H21NO2/c1-2-6-17(7-3-1)22-18-8-4-5-16(11-18)20(12-15-9-10-15)13-19-14-21-19/h1-8,11,15,19H,9-10,12-14H2. The zero-order valence-electron chi connectivity index (χ0n) is 12.7. The van der Waals surface area contributed by atoms with Crippen LogP contribution in [0, 0.1) is 5.92 Å². The Labute approximate surface area is 131 Å². The van der Waals surface area contributed by atoms with Crippen molar-refractivity contribution in [2.45, 2.75) is 18.9 Å².